The number of rotatable bonds is 4. The highest BCUT2D eigenvalue weighted by atomic mass is 16.5. The molecule has 1 heterocycles. The van der Waals surface area contributed by atoms with Gasteiger partial charge in [-0.25, -0.2) is 0 Å². The number of nitrogens with one attached hydrogen (secondary N) is 2. The van der Waals surface area contributed by atoms with Gasteiger partial charge in [0.25, 0.3) is 0 Å². The van der Waals surface area contributed by atoms with Crippen LogP contribution in [0.1, 0.15) is 19.8 Å². The average molecular weight is 200 g/mol. The minimum Gasteiger partial charge on any atom is -0.383 e. The molecule has 0 aromatic rings. The van der Waals surface area contributed by atoms with E-state index in [0.717, 1.165) is 25.9 Å². The van der Waals surface area contributed by atoms with Gasteiger partial charge < -0.3 is 15.4 Å². The molecule has 1 fully saturated rings. The van der Waals surface area contributed by atoms with E-state index in [-0.39, 0.29) is 17.9 Å². The number of ether oxygens (including phenoxy) is 1. The van der Waals surface area contributed by atoms with Crippen molar-refractivity contribution in [1.29, 1.82) is 0 Å². The molecular formula is C10H20N2O2. The summed E-state index contributed by atoms with van der Waals surface area (Å²) in [6.07, 6.45) is 2.09. The van der Waals surface area contributed by atoms with Gasteiger partial charge in [-0.15, -0.1) is 0 Å². The Morgan fingerprint density at radius 3 is 3.07 bits per heavy atom. The molecule has 82 valence electrons. The molecule has 2 atom stereocenters. The van der Waals surface area contributed by atoms with E-state index in [2.05, 4.69) is 10.6 Å². The fourth-order valence-corrected chi connectivity index (χ4v) is 1.73. The summed E-state index contributed by atoms with van der Waals surface area (Å²) < 4.78 is 4.96. The van der Waals surface area contributed by atoms with E-state index >= 15 is 0 Å². The first-order chi connectivity index (χ1) is 6.74. The Balaban J connectivity index is 2.25. The van der Waals surface area contributed by atoms with E-state index in [9.17, 15) is 4.79 Å². The highest BCUT2D eigenvalue weighted by Gasteiger charge is 2.21. The van der Waals surface area contributed by atoms with E-state index in [0.29, 0.717) is 6.61 Å². The lowest BCUT2D eigenvalue weighted by atomic mass is 9.98. The average Bonchev–Trinajstić information content (AvgIpc) is 2.19. The molecule has 1 aliphatic rings. The highest BCUT2D eigenvalue weighted by Crippen LogP contribution is 2.09. The lowest BCUT2D eigenvalue weighted by Gasteiger charge is -2.23. The molecule has 4 heteroatoms. The fraction of sp³-hybridized carbons (Fsp3) is 0.900. The Labute approximate surface area is 85.4 Å². The molecule has 0 aromatic heterocycles. The van der Waals surface area contributed by atoms with Crippen molar-refractivity contribution in [3.05, 3.63) is 0 Å². The number of hydrogen-bond acceptors (Lipinski definition) is 3. The van der Waals surface area contributed by atoms with Crippen molar-refractivity contribution < 1.29 is 9.53 Å². The predicted octanol–water partition coefficient (Wildman–Crippen LogP) is 0.137. The van der Waals surface area contributed by atoms with Crippen LogP contribution in [0.3, 0.4) is 0 Å². The zero-order valence-electron chi connectivity index (χ0n) is 9.01. The normalized spacial score (nSPS) is 24.3. The van der Waals surface area contributed by atoms with E-state index in [4.69, 9.17) is 4.74 Å². The fourth-order valence-electron chi connectivity index (χ4n) is 1.73. The van der Waals surface area contributed by atoms with Crippen molar-refractivity contribution >= 4 is 5.91 Å². The van der Waals surface area contributed by atoms with Crippen LogP contribution in [0.4, 0.5) is 0 Å². The van der Waals surface area contributed by atoms with Crippen LogP contribution < -0.4 is 10.6 Å². The molecule has 1 saturated heterocycles. The van der Waals surface area contributed by atoms with Crippen molar-refractivity contribution in [2.75, 3.05) is 26.8 Å². The van der Waals surface area contributed by atoms with Gasteiger partial charge in [0.1, 0.15) is 0 Å². The number of carbonyl (C=O) groups is 1. The Morgan fingerprint density at radius 2 is 2.50 bits per heavy atom. The van der Waals surface area contributed by atoms with Crippen LogP contribution in [-0.4, -0.2) is 38.8 Å². The van der Waals surface area contributed by atoms with Crippen molar-refractivity contribution in [3.63, 3.8) is 0 Å². The van der Waals surface area contributed by atoms with Gasteiger partial charge in [-0.3, -0.25) is 4.79 Å². The summed E-state index contributed by atoms with van der Waals surface area (Å²) in [5, 5.41) is 6.18. The van der Waals surface area contributed by atoms with E-state index in [1.165, 1.54) is 0 Å². The second kappa shape index (κ2) is 5.98. The number of piperidine rings is 1. The molecule has 2 N–H and O–H groups in total. The Kier molecular flexibility index (Phi) is 4.90. The van der Waals surface area contributed by atoms with Crippen molar-refractivity contribution in [2.24, 2.45) is 5.92 Å². The number of hydrogen-bond donors (Lipinski definition) is 2. The van der Waals surface area contributed by atoms with Gasteiger partial charge in [-0.1, -0.05) is 0 Å². The van der Waals surface area contributed by atoms with Crippen molar-refractivity contribution in [3.8, 4) is 0 Å². The minimum absolute atomic E-state index is 0.106. The van der Waals surface area contributed by atoms with Gasteiger partial charge in [0.05, 0.1) is 12.5 Å². The maximum Gasteiger partial charge on any atom is 0.224 e. The Hall–Kier alpha value is -0.610. The van der Waals surface area contributed by atoms with Crippen LogP contribution in [0.5, 0.6) is 0 Å². The largest absolute Gasteiger partial charge is 0.383 e. The summed E-state index contributed by atoms with van der Waals surface area (Å²) in [6.45, 7) is 4.38. The lowest BCUT2D eigenvalue weighted by molar-refractivity contribution is -0.126. The summed E-state index contributed by atoms with van der Waals surface area (Å²) in [4.78, 5) is 11.7. The monoisotopic (exact) mass is 200 g/mol. The molecule has 4 nitrogen and oxygen atoms in total. The molecule has 0 saturated carbocycles. The summed E-state index contributed by atoms with van der Waals surface area (Å²) in [5.41, 5.74) is 0. The highest BCUT2D eigenvalue weighted by molar-refractivity contribution is 5.79. The molecule has 14 heavy (non-hydrogen) atoms. The van der Waals surface area contributed by atoms with Crippen molar-refractivity contribution in [1.82, 2.24) is 10.6 Å². The van der Waals surface area contributed by atoms with Gasteiger partial charge in [0, 0.05) is 19.7 Å². The standard InChI is InChI=1S/C10H20N2O2/c1-8(7-14-2)12-10(13)9-4-3-5-11-6-9/h8-9,11H,3-7H2,1-2H3,(H,12,13)/t8?,9-/m1/s1. The SMILES string of the molecule is COCC(C)NC(=O)[C@@H]1CCCNC1. The molecule has 1 aliphatic heterocycles. The summed E-state index contributed by atoms with van der Waals surface area (Å²) in [7, 11) is 1.64. The third-order valence-corrected chi connectivity index (χ3v) is 2.47. The molecule has 0 radical (unpaired) electrons. The first-order valence-corrected chi connectivity index (χ1v) is 5.24. The van der Waals surface area contributed by atoms with Crippen LogP contribution in [0, 0.1) is 5.92 Å². The maximum atomic E-state index is 11.7. The van der Waals surface area contributed by atoms with Gasteiger partial charge in [0.15, 0.2) is 0 Å². The zero-order chi connectivity index (χ0) is 10.4. The third-order valence-electron chi connectivity index (χ3n) is 2.47. The first kappa shape index (κ1) is 11.5. The molecule has 1 unspecified atom stereocenters. The zero-order valence-corrected chi connectivity index (χ0v) is 9.01. The van der Waals surface area contributed by atoms with Crippen molar-refractivity contribution in [2.45, 2.75) is 25.8 Å². The maximum absolute atomic E-state index is 11.7. The van der Waals surface area contributed by atoms with Crippen LogP contribution in [-0.2, 0) is 9.53 Å². The molecule has 0 bridgehead atoms. The van der Waals surface area contributed by atoms with E-state index in [1.807, 2.05) is 6.92 Å². The molecule has 0 spiro atoms. The Bertz CT molecular complexity index is 179. The van der Waals surface area contributed by atoms with Crippen LogP contribution >= 0.6 is 0 Å². The first-order valence-electron chi connectivity index (χ1n) is 5.24. The second-order valence-electron chi connectivity index (χ2n) is 3.91. The molecular weight excluding hydrogens is 180 g/mol. The summed E-state index contributed by atoms with van der Waals surface area (Å²) in [6, 6.07) is 0.106. The minimum atomic E-state index is 0.106. The second-order valence-corrected chi connectivity index (χ2v) is 3.91. The number of carbonyl (C=O) groups excluding carboxylic acids is 1. The molecule has 0 aromatic carbocycles. The topological polar surface area (TPSA) is 50.4 Å². The Morgan fingerprint density at radius 1 is 1.71 bits per heavy atom. The van der Waals surface area contributed by atoms with Gasteiger partial charge in [-0.05, 0) is 26.3 Å². The quantitative estimate of drug-likeness (QED) is 0.678. The van der Waals surface area contributed by atoms with Crippen LogP contribution in [0.25, 0.3) is 0 Å². The molecule has 0 aliphatic carbocycles. The van der Waals surface area contributed by atoms with E-state index in [1.54, 1.807) is 7.11 Å². The third kappa shape index (κ3) is 3.64. The molecule has 1 amide bonds. The molecule has 1 rings (SSSR count). The van der Waals surface area contributed by atoms with Crippen LogP contribution in [0.15, 0.2) is 0 Å². The van der Waals surface area contributed by atoms with E-state index < -0.39 is 0 Å². The van der Waals surface area contributed by atoms with Gasteiger partial charge in [0.2, 0.25) is 5.91 Å². The summed E-state index contributed by atoms with van der Waals surface area (Å²) in [5.74, 6) is 0.296. The van der Waals surface area contributed by atoms with Gasteiger partial charge in [-0.2, -0.15) is 0 Å². The summed E-state index contributed by atoms with van der Waals surface area (Å²) >= 11 is 0. The smallest absolute Gasteiger partial charge is 0.224 e. The van der Waals surface area contributed by atoms with Gasteiger partial charge >= 0.3 is 0 Å². The number of methoxy groups -OCH3 is 1. The lowest BCUT2D eigenvalue weighted by Crippen LogP contribution is -2.44. The number of amides is 1. The van der Waals surface area contributed by atoms with Crippen LogP contribution in [0.2, 0.25) is 0 Å². The predicted molar refractivity (Wildman–Crippen MR) is 55.1 cm³/mol.